The molecular formula is C12H11N3O3S. The van der Waals surface area contributed by atoms with E-state index >= 15 is 0 Å². The molecule has 0 radical (unpaired) electrons. The highest BCUT2D eigenvalue weighted by Crippen LogP contribution is 2.32. The number of carbonyl (C=O) groups is 1. The molecule has 0 atom stereocenters. The number of amides is 1. The molecule has 19 heavy (non-hydrogen) atoms. The summed E-state index contributed by atoms with van der Waals surface area (Å²) in [6, 6.07) is 5.04. The highest BCUT2D eigenvalue weighted by atomic mass is 32.1. The van der Waals surface area contributed by atoms with Gasteiger partial charge in [-0.3, -0.25) is 15.6 Å². The number of carbonyl (C=O) groups excluding carboxylic acids is 1. The summed E-state index contributed by atoms with van der Waals surface area (Å²) >= 11 is 1.43. The van der Waals surface area contributed by atoms with Crippen LogP contribution in [0.15, 0.2) is 23.6 Å². The maximum absolute atomic E-state index is 11.9. The molecule has 0 saturated carbocycles. The number of hydrogen-bond acceptors (Lipinski definition) is 6. The molecule has 0 unspecified atom stereocenters. The highest BCUT2D eigenvalue weighted by molar-refractivity contribution is 7.13. The standard InChI is InChI=1S/C12H11N3O3S/c1-7-5-19-12(13-7)15-14-11(16)8-2-3-9-10(4-8)18-6-17-9/h2-5H,6H2,1H3,(H,13,15)(H,14,16). The largest absolute Gasteiger partial charge is 0.454 e. The molecule has 2 aromatic rings. The lowest BCUT2D eigenvalue weighted by Crippen LogP contribution is -2.29. The molecule has 6 nitrogen and oxygen atoms in total. The fourth-order valence-corrected chi connectivity index (χ4v) is 2.27. The van der Waals surface area contributed by atoms with Gasteiger partial charge in [0.25, 0.3) is 5.91 Å². The lowest BCUT2D eigenvalue weighted by atomic mass is 10.2. The maximum Gasteiger partial charge on any atom is 0.269 e. The van der Waals surface area contributed by atoms with E-state index < -0.39 is 0 Å². The van der Waals surface area contributed by atoms with Gasteiger partial charge in [0.2, 0.25) is 11.9 Å². The number of hydrazine groups is 1. The third-order valence-electron chi connectivity index (χ3n) is 2.54. The summed E-state index contributed by atoms with van der Waals surface area (Å²) in [5.41, 5.74) is 6.75. The molecule has 0 bridgehead atoms. The van der Waals surface area contributed by atoms with Crippen LogP contribution in [0, 0.1) is 6.92 Å². The van der Waals surface area contributed by atoms with Gasteiger partial charge >= 0.3 is 0 Å². The number of aromatic nitrogens is 1. The zero-order chi connectivity index (χ0) is 13.2. The van der Waals surface area contributed by atoms with E-state index in [-0.39, 0.29) is 12.7 Å². The highest BCUT2D eigenvalue weighted by Gasteiger charge is 2.16. The van der Waals surface area contributed by atoms with Gasteiger partial charge in [-0.1, -0.05) is 0 Å². The van der Waals surface area contributed by atoms with Gasteiger partial charge in [-0.05, 0) is 25.1 Å². The Kier molecular flexibility index (Phi) is 2.96. The monoisotopic (exact) mass is 277 g/mol. The average Bonchev–Trinajstić information content (AvgIpc) is 3.03. The van der Waals surface area contributed by atoms with Crippen molar-refractivity contribution < 1.29 is 14.3 Å². The molecular weight excluding hydrogens is 266 g/mol. The van der Waals surface area contributed by atoms with Crippen molar-refractivity contribution in [3.8, 4) is 11.5 Å². The second-order valence-corrected chi connectivity index (χ2v) is 4.80. The summed E-state index contributed by atoms with van der Waals surface area (Å²) in [7, 11) is 0. The first-order valence-electron chi connectivity index (χ1n) is 5.60. The van der Waals surface area contributed by atoms with Gasteiger partial charge < -0.3 is 9.47 Å². The Morgan fingerprint density at radius 3 is 3.00 bits per heavy atom. The fraction of sp³-hybridized carbons (Fsp3) is 0.167. The molecule has 2 N–H and O–H groups in total. The van der Waals surface area contributed by atoms with Gasteiger partial charge in [0.15, 0.2) is 11.5 Å². The van der Waals surface area contributed by atoms with Gasteiger partial charge in [-0.25, -0.2) is 4.98 Å². The Morgan fingerprint density at radius 2 is 2.21 bits per heavy atom. The minimum Gasteiger partial charge on any atom is -0.454 e. The maximum atomic E-state index is 11.9. The van der Waals surface area contributed by atoms with Gasteiger partial charge in [-0.2, -0.15) is 0 Å². The van der Waals surface area contributed by atoms with Gasteiger partial charge in [0.1, 0.15) is 0 Å². The molecule has 1 amide bonds. The zero-order valence-corrected chi connectivity index (χ0v) is 10.9. The number of fused-ring (bicyclic) bond motifs is 1. The number of thiazole rings is 1. The summed E-state index contributed by atoms with van der Waals surface area (Å²) in [5.74, 6) is 0.976. The molecule has 2 heterocycles. The second kappa shape index (κ2) is 4.77. The minimum atomic E-state index is -0.258. The first-order chi connectivity index (χ1) is 9.22. The van der Waals surface area contributed by atoms with E-state index in [1.807, 2.05) is 12.3 Å². The van der Waals surface area contributed by atoms with E-state index in [4.69, 9.17) is 9.47 Å². The van der Waals surface area contributed by atoms with Crippen LogP contribution in [0.3, 0.4) is 0 Å². The number of nitrogens with one attached hydrogen (secondary N) is 2. The number of aryl methyl sites for hydroxylation is 1. The number of rotatable bonds is 3. The molecule has 0 saturated heterocycles. The SMILES string of the molecule is Cc1csc(NNC(=O)c2ccc3c(c2)OCO3)n1. The molecule has 0 spiro atoms. The minimum absolute atomic E-state index is 0.192. The van der Waals surface area contributed by atoms with E-state index in [9.17, 15) is 4.79 Å². The van der Waals surface area contributed by atoms with E-state index in [1.165, 1.54) is 11.3 Å². The van der Waals surface area contributed by atoms with Crippen LogP contribution in [0.25, 0.3) is 0 Å². The molecule has 3 rings (SSSR count). The molecule has 7 heteroatoms. The third kappa shape index (κ3) is 2.45. The van der Waals surface area contributed by atoms with Crippen LogP contribution in [0.4, 0.5) is 5.13 Å². The Balaban J connectivity index is 1.67. The molecule has 1 aromatic carbocycles. The number of benzene rings is 1. The summed E-state index contributed by atoms with van der Waals surface area (Å²) < 4.78 is 10.4. The van der Waals surface area contributed by atoms with E-state index in [0.717, 1.165) is 5.69 Å². The van der Waals surface area contributed by atoms with Crippen molar-refractivity contribution in [2.45, 2.75) is 6.92 Å². The van der Waals surface area contributed by atoms with Crippen LogP contribution in [-0.4, -0.2) is 17.7 Å². The van der Waals surface area contributed by atoms with E-state index in [0.29, 0.717) is 22.2 Å². The van der Waals surface area contributed by atoms with Crippen molar-refractivity contribution in [2.24, 2.45) is 0 Å². The normalized spacial score (nSPS) is 12.3. The molecule has 0 aliphatic carbocycles. The number of hydrogen-bond donors (Lipinski definition) is 2. The Labute approximate surface area is 113 Å². The third-order valence-corrected chi connectivity index (χ3v) is 3.41. The van der Waals surface area contributed by atoms with E-state index in [2.05, 4.69) is 15.8 Å². The van der Waals surface area contributed by atoms with Crippen LogP contribution in [0.1, 0.15) is 16.1 Å². The smallest absolute Gasteiger partial charge is 0.269 e. The van der Waals surface area contributed by atoms with Crippen LogP contribution < -0.4 is 20.3 Å². The summed E-state index contributed by atoms with van der Waals surface area (Å²) in [6.45, 7) is 2.08. The average molecular weight is 277 g/mol. The first-order valence-corrected chi connectivity index (χ1v) is 6.48. The van der Waals surface area contributed by atoms with Crippen molar-refractivity contribution in [1.82, 2.24) is 10.4 Å². The fourth-order valence-electron chi connectivity index (χ4n) is 1.63. The van der Waals surface area contributed by atoms with Crippen LogP contribution in [0.2, 0.25) is 0 Å². The Hall–Kier alpha value is -2.28. The first kappa shape index (κ1) is 11.8. The van der Waals surface area contributed by atoms with Crippen molar-refractivity contribution in [2.75, 3.05) is 12.2 Å². The lowest BCUT2D eigenvalue weighted by Gasteiger charge is -2.06. The Morgan fingerprint density at radius 1 is 1.37 bits per heavy atom. The molecule has 1 aromatic heterocycles. The number of nitrogens with zero attached hydrogens (tertiary/aromatic N) is 1. The second-order valence-electron chi connectivity index (χ2n) is 3.94. The predicted octanol–water partition coefficient (Wildman–Crippen LogP) is 1.94. The topological polar surface area (TPSA) is 72.5 Å². The van der Waals surface area contributed by atoms with Crippen LogP contribution in [0.5, 0.6) is 11.5 Å². The van der Waals surface area contributed by atoms with Crippen molar-refractivity contribution in [1.29, 1.82) is 0 Å². The van der Waals surface area contributed by atoms with Gasteiger partial charge in [0, 0.05) is 10.9 Å². The zero-order valence-electron chi connectivity index (χ0n) is 10.1. The molecule has 0 fully saturated rings. The Bertz CT molecular complexity index is 626. The van der Waals surface area contributed by atoms with Gasteiger partial charge in [-0.15, -0.1) is 11.3 Å². The van der Waals surface area contributed by atoms with Crippen LogP contribution in [-0.2, 0) is 0 Å². The van der Waals surface area contributed by atoms with E-state index in [1.54, 1.807) is 18.2 Å². The summed E-state index contributed by atoms with van der Waals surface area (Å²) in [6.07, 6.45) is 0. The summed E-state index contributed by atoms with van der Waals surface area (Å²) in [4.78, 5) is 16.1. The van der Waals surface area contributed by atoms with Crippen molar-refractivity contribution in [3.05, 3.63) is 34.8 Å². The number of ether oxygens (including phenoxy) is 2. The molecule has 98 valence electrons. The van der Waals surface area contributed by atoms with Crippen LogP contribution >= 0.6 is 11.3 Å². The predicted molar refractivity (Wildman–Crippen MR) is 70.5 cm³/mol. The van der Waals surface area contributed by atoms with Gasteiger partial charge in [0.05, 0.1) is 5.69 Å². The lowest BCUT2D eigenvalue weighted by molar-refractivity contribution is 0.0962. The summed E-state index contributed by atoms with van der Waals surface area (Å²) in [5, 5.41) is 2.54. The molecule has 1 aliphatic rings. The number of anilines is 1. The van der Waals surface area contributed by atoms with Crippen molar-refractivity contribution in [3.63, 3.8) is 0 Å². The quantitative estimate of drug-likeness (QED) is 0.839. The van der Waals surface area contributed by atoms with Crippen molar-refractivity contribution >= 4 is 22.4 Å². The molecule has 1 aliphatic heterocycles.